The number of nitrogens with one attached hydrogen (secondary N) is 1. The molecule has 0 radical (unpaired) electrons. The van der Waals surface area contributed by atoms with E-state index in [1.54, 1.807) is 29.2 Å². The van der Waals surface area contributed by atoms with Crippen LogP contribution in [0.15, 0.2) is 60.7 Å². The number of aromatic hydroxyl groups is 1. The summed E-state index contributed by atoms with van der Waals surface area (Å²) in [6.07, 6.45) is 0. The first-order valence-corrected chi connectivity index (χ1v) is 10.4. The number of ether oxygens (including phenoxy) is 2. The molecule has 0 saturated carbocycles. The Bertz CT molecular complexity index is 1080. The molecule has 172 valence electrons. The Morgan fingerprint density at radius 2 is 1.42 bits per heavy atom. The van der Waals surface area contributed by atoms with Gasteiger partial charge in [0.15, 0.2) is 11.5 Å². The highest BCUT2D eigenvalue weighted by molar-refractivity contribution is 5.96. The van der Waals surface area contributed by atoms with Crippen LogP contribution in [0.1, 0.15) is 21.5 Å². The number of hydrogen-bond acceptors (Lipinski definition) is 5. The van der Waals surface area contributed by atoms with Gasteiger partial charge in [0.1, 0.15) is 11.6 Å². The molecule has 1 heterocycles. The summed E-state index contributed by atoms with van der Waals surface area (Å²) in [4.78, 5) is 15.2. The monoisotopic (exact) mass is 454 g/mol. The lowest BCUT2D eigenvalue weighted by Crippen LogP contribution is -2.60. The molecule has 1 aliphatic rings. The van der Waals surface area contributed by atoms with Gasteiger partial charge in [0, 0.05) is 25.2 Å². The molecule has 0 spiro atoms. The van der Waals surface area contributed by atoms with Crippen LogP contribution < -0.4 is 14.8 Å². The Labute approximate surface area is 190 Å². The molecule has 3 aromatic rings. The minimum Gasteiger partial charge on any atom is -0.502 e. The van der Waals surface area contributed by atoms with Gasteiger partial charge in [-0.1, -0.05) is 24.3 Å². The van der Waals surface area contributed by atoms with Crippen LogP contribution in [0.4, 0.5) is 8.78 Å². The van der Waals surface area contributed by atoms with Crippen LogP contribution in [-0.2, 0) is 5.54 Å². The molecule has 2 N–H and O–H groups in total. The quantitative estimate of drug-likeness (QED) is 0.616. The fraction of sp³-hybridized carbons (Fsp3) is 0.240. The summed E-state index contributed by atoms with van der Waals surface area (Å²) < 4.78 is 37.7. The predicted octanol–water partition coefficient (Wildman–Crippen LogP) is 3.68. The number of carbonyl (C=O) groups excluding carboxylic acids is 1. The van der Waals surface area contributed by atoms with Crippen molar-refractivity contribution in [3.05, 3.63) is 89.0 Å². The van der Waals surface area contributed by atoms with Gasteiger partial charge in [-0.2, -0.15) is 0 Å². The van der Waals surface area contributed by atoms with E-state index in [1.807, 2.05) is 0 Å². The van der Waals surface area contributed by atoms with Gasteiger partial charge in [-0.05, 0) is 47.5 Å². The summed E-state index contributed by atoms with van der Waals surface area (Å²) in [5, 5.41) is 13.7. The fourth-order valence-corrected chi connectivity index (χ4v) is 4.22. The summed E-state index contributed by atoms with van der Waals surface area (Å²) in [6.45, 7) is 1.08. The molecule has 3 aromatic carbocycles. The van der Waals surface area contributed by atoms with Gasteiger partial charge < -0.3 is 24.8 Å². The number of phenolic OH excluding ortho intramolecular Hbond substituents is 1. The summed E-state index contributed by atoms with van der Waals surface area (Å²) in [5.41, 5.74) is 0.902. The molecule has 6 nitrogen and oxygen atoms in total. The Balaban J connectivity index is 1.75. The zero-order valence-electron chi connectivity index (χ0n) is 18.3. The minimum atomic E-state index is -0.875. The first-order chi connectivity index (χ1) is 15.9. The lowest BCUT2D eigenvalue weighted by atomic mass is 9.80. The molecule has 33 heavy (non-hydrogen) atoms. The largest absolute Gasteiger partial charge is 0.502 e. The summed E-state index contributed by atoms with van der Waals surface area (Å²) in [6, 6.07) is 15.0. The number of carbonyl (C=O) groups is 1. The molecule has 8 heteroatoms. The first kappa shape index (κ1) is 22.5. The highest BCUT2D eigenvalue weighted by atomic mass is 19.1. The van der Waals surface area contributed by atoms with E-state index in [2.05, 4.69) is 5.32 Å². The molecule has 1 aliphatic heterocycles. The van der Waals surface area contributed by atoms with Gasteiger partial charge in [0.05, 0.1) is 19.8 Å². The van der Waals surface area contributed by atoms with Crippen molar-refractivity contribution >= 4 is 5.91 Å². The van der Waals surface area contributed by atoms with Crippen molar-refractivity contribution in [3.63, 3.8) is 0 Å². The average Bonchev–Trinajstić information content (AvgIpc) is 2.84. The number of phenols is 1. The van der Waals surface area contributed by atoms with Crippen LogP contribution in [0.2, 0.25) is 0 Å². The number of amides is 1. The van der Waals surface area contributed by atoms with Crippen molar-refractivity contribution in [2.45, 2.75) is 5.54 Å². The number of nitrogens with zero attached hydrogens (tertiary/aromatic N) is 1. The fourth-order valence-electron chi connectivity index (χ4n) is 4.22. The maximum absolute atomic E-state index is 13.7. The lowest BCUT2D eigenvalue weighted by Gasteiger charge is -2.44. The number of benzene rings is 3. The maximum Gasteiger partial charge on any atom is 0.254 e. The van der Waals surface area contributed by atoms with Crippen molar-refractivity contribution in [1.82, 2.24) is 10.2 Å². The molecule has 0 atom stereocenters. The minimum absolute atomic E-state index is 0.121. The number of halogens is 2. The zero-order chi connectivity index (χ0) is 23.6. The second kappa shape index (κ2) is 9.07. The zero-order valence-corrected chi connectivity index (χ0v) is 18.3. The molecule has 1 fully saturated rings. The lowest BCUT2D eigenvalue weighted by molar-refractivity contribution is 0.0652. The average molecular weight is 454 g/mol. The summed E-state index contributed by atoms with van der Waals surface area (Å²) in [5.74, 6) is -0.988. The highest BCUT2D eigenvalue weighted by Crippen LogP contribution is 2.38. The van der Waals surface area contributed by atoms with Gasteiger partial charge in [-0.15, -0.1) is 0 Å². The summed E-state index contributed by atoms with van der Waals surface area (Å²) >= 11 is 0. The van der Waals surface area contributed by atoms with Gasteiger partial charge in [0.2, 0.25) is 5.75 Å². The van der Waals surface area contributed by atoms with E-state index in [0.717, 1.165) is 11.1 Å². The third-order valence-electron chi connectivity index (χ3n) is 5.92. The highest BCUT2D eigenvalue weighted by Gasteiger charge is 2.40. The van der Waals surface area contributed by atoms with Crippen LogP contribution in [-0.4, -0.2) is 49.8 Å². The number of piperazine rings is 1. The van der Waals surface area contributed by atoms with Crippen LogP contribution >= 0.6 is 0 Å². The van der Waals surface area contributed by atoms with E-state index >= 15 is 0 Å². The van der Waals surface area contributed by atoms with E-state index in [1.165, 1.54) is 50.6 Å². The van der Waals surface area contributed by atoms with Gasteiger partial charge in [0.25, 0.3) is 5.91 Å². The third-order valence-corrected chi connectivity index (χ3v) is 5.92. The summed E-state index contributed by atoms with van der Waals surface area (Å²) in [7, 11) is 2.78. The molecule has 0 bridgehead atoms. The van der Waals surface area contributed by atoms with Crippen molar-refractivity contribution in [3.8, 4) is 17.2 Å². The molecular weight excluding hydrogens is 430 g/mol. The standard InChI is InChI=1S/C25H24F2N2O4/c1-32-21-13-16(14-22(33-2)23(21)30)24(31)29-12-11-28-25(15-29,17-3-7-19(26)8-4-17)18-5-9-20(27)10-6-18/h3-10,13-14,28,30H,11-12,15H2,1-2H3. The van der Waals surface area contributed by atoms with Crippen LogP contribution in [0, 0.1) is 11.6 Å². The van der Waals surface area contributed by atoms with Crippen molar-refractivity contribution in [2.24, 2.45) is 0 Å². The van der Waals surface area contributed by atoms with Crippen molar-refractivity contribution in [1.29, 1.82) is 0 Å². The predicted molar refractivity (Wildman–Crippen MR) is 119 cm³/mol. The molecule has 4 rings (SSSR count). The molecular formula is C25H24F2N2O4. The number of hydrogen-bond donors (Lipinski definition) is 2. The van der Waals surface area contributed by atoms with Crippen LogP contribution in [0.25, 0.3) is 0 Å². The van der Waals surface area contributed by atoms with E-state index in [4.69, 9.17) is 9.47 Å². The Hall–Kier alpha value is -3.65. The number of methoxy groups -OCH3 is 2. The second-order valence-electron chi connectivity index (χ2n) is 7.80. The van der Waals surface area contributed by atoms with Crippen LogP contribution in [0.3, 0.4) is 0 Å². The maximum atomic E-state index is 13.7. The van der Waals surface area contributed by atoms with E-state index in [9.17, 15) is 18.7 Å². The van der Waals surface area contributed by atoms with Crippen molar-refractivity contribution < 1.29 is 28.2 Å². The van der Waals surface area contributed by atoms with Gasteiger partial charge in [-0.25, -0.2) is 8.78 Å². The molecule has 1 saturated heterocycles. The second-order valence-corrected chi connectivity index (χ2v) is 7.80. The Morgan fingerprint density at radius 3 is 1.88 bits per heavy atom. The van der Waals surface area contributed by atoms with Gasteiger partial charge >= 0.3 is 0 Å². The first-order valence-electron chi connectivity index (χ1n) is 10.4. The van der Waals surface area contributed by atoms with E-state index < -0.39 is 5.54 Å². The van der Waals surface area contributed by atoms with Gasteiger partial charge in [-0.3, -0.25) is 4.79 Å². The molecule has 0 aliphatic carbocycles. The topological polar surface area (TPSA) is 71.0 Å². The Morgan fingerprint density at radius 1 is 0.939 bits per heavy atom. The SMILES string of the molecule is COc1cc(C(=O)N2CCNC(c3ccc(F)cc3)(c3ccc(F)cc3)C2)cc(OC)c1O. The Kier molecular flexibility index (Phi) is 6.20. The number of rotatable bonds is 5. The smallest absolute Gasteiger partial charge is 0.254 e. The van der Waals surface area contributed by atoms with E-state index in [0.29, 0.717) is 13.1 Å². The third kappa shape index (κ3) is 4.21. The van der Waals surface area contributed by atoms with E-state index in [-0.39, 0.29) is 46.9 Å². The van der Waals surface area contributed by atoms with Crippen LogP contribution in [0.5, 0.6) is 17.2 Å². The molecule has 0 aromatic heterocycles. The molecule has 1 amide bonds. The van der Waals surface area contributed by atoms with Crippen molar-refractivity contribution in [2.75, 3.05) is 33.9 Å². The molecule has 0 unspecified atom stereocenters. The normalized spacial score (nSPS) is 15.2.